The minimum atomic E-state index is -4.56. The smallest absolute Gasteiger partial charge is 0.306 e. The van der Waals surface area contributed by atoms with Gasteiger partial charge in [0.1, 0.15) is 19.8 Å². The largest absolute Gasteiger partial charge is 0.756 e. The minimum Gasteiger partial charge on any atom is -0.756 e. The van der Waals surface area contributed by atoms with Crippen LogP contribution in [0, 0.1) is 0 Å². The lowest BCUT2D eigenvalue weighted by atomic mass is 10.1. The van der Waals surface area contributed by atoms with Gasteiger partial charge in [-0.15, -0.1) is 0 Å². The maximum atomic E-state index is 12.7. The zero-order valence-electron chi connectivity index (χ0n) is 36.3. The number of epoxide rings is 1. The van der Waals surface area contributed by atoms with Crippen molar-refractivity contribution < 1.29 is 42.0 Å². The molecule has 0 aliphatic carbocycles. The molecule has 1 fully saturated rings. The van der Waals surface area contributed by atoms with Gasteiger partial charge < -0.3 is 32.6 Å². The number of phosphoric ester groups is 1. The van der Waals surface area contributed by atoms with Crippen LogP contribution in [-0.2, 0) is 32.6 Å². The molecule has 3 unspecified atom stereocenters. The zero-order chi connectivity index (χ0) is 41.0. The van der Waals surface area contributed by atoms with Crippen LogP contribution in [0.3, 0.4) is 0 Å². The summed E-state index contributed by atoms with van der Waals surface area (Å²) in [6.07, 6.45) is 46.5. The second-order valence-electron chi connectivity index (χ2n) is 16.1. The van der Waals surface area contributed by atoms with E-state index in [-0.39, 0.29) is 26.2 Å². The summed E-state index contributed by atoms with van der Waals surface area (Å²) in [5.74, 6) is -0.418. The predicted molar refractivity (Wildman–Crippen MR) is 230 cm³/mol. The van der Waals surface area contributed by atoms with E-state index in [4.69, 9.17) is 23.3 Å². The first-order valence-electron chi connectivity index (χ1n) is 22.2. The number of esters is 1. The molecule has 56 heavy (non-hydrogen) atoms. The van der Waals surface area contributed by atoms with Crippen molar-refractivity contribution in [2.24, 2.45) is 0 Å². The Labute approximate surface area is 343 Å². The van der Waals surface area contributed by atoms with Gasteiger partial charge in [0.15, 0.2) is 6.10 Å². The number of nitrogens with zero attached hydrogens (tertiary/aromatic N) is 1. The maximum absolute atomic E-state index is 12.7. The summed E-state index contributed by atoms with van der Waals surface area (Å²) < 4.78 is 40.0. The summed E-state index contributed by atoms with van der Waals surface area (Å²) in [6, 6.07) is 0. The third kappa shape index (κ3) is 35.2. The van der Waals surface area contributed by atoms with Crippen LogP contribution in [-0.4, -0.2) is 76.3 Å². The van der Waals surface area contributed by atoms with Crippen LogP contribution in [0.2, 0.25) is 0 Å². The number of hydrogen-bond donors (Lipinski definition) is 0. The fourth-order valence-corrected chi connectivity index (χ4v) is 6.67. The van der Waals surface area contributed by atoms with Gasteiger partial charge in [0.05, 0.1) is 46.2 Å². The number of likely N-dealkylation sites (N-methyl/N-ethyl adjacent to an activating group) is 1. The Kier molecular flexibility index (Phi) is 32.5. The first-order chi connectivity index (χ1) is 27.1. The van der Waals surface area contributed by atoms with E-state index in [9.17, 15) is 14.3 Å². The molecule has 0 saturated carbocycles. The lowest BCUT2D eigenvalue weighted by Crippen LogP contribution is -2.37. The van der Waals surface area contributed by atoms with Crippen LogP contribution < -0.4 is 4.89 Å². The molecule has 0 amide bonds. The molecular formula is C46H82NO8P. The van der Waals surface area contributed by atoms with Gasteiger partial charge >= 0.3 is 5.97 Å². The van der Waals surface area contributed by atoms with E-state index in [1.807, 2.05) is 27.2 Å². The van der Waals surface area contributed by atoms with Gasteiger partial charge in [-0.25, -0.2) is 0 Å². The molecule has 1 heterocycles. The Balaban J connectivity index is 2.30. The normalized spacial score (nSPS) is 17.9. The number of hydrogen-bond acceptors (Lipinski definition) is 8. The van der Waals surface area contributed by atoms with Gasteiger partial charge in [-0.1, -0.05) is 127 Å². The van der Waals surface area contributed by atoms with Crippen molar-refractivity contribution in [2.45, 2.75) is 180 Å². The molecule has 1 aliphatic rings. The summed E-state index contributed by atoms with van der Waals surface area (Å²) in [6.45, 7) is 4.60. The van der Waals surface area contributed by atoms with E-state index < -0.39 is 19.9 Å². The average Bonchev–Trinajstić information content (AvgIpc) is 3.90. The lowest BCUT2D eigenvalue weighted by molar-refractivity contribution is -0.870. The molecule has 4 atom stereocenters. The Hall–Kier alpha value is -2.00. The molecule has 0 aromatic heterocycles. The van der Waals surface area contributed by atoms with Crippen molar-refractivity contribution in [3.05, 3.63) is 60.9 Å². The fourth-order valence-electron chi connectivity index (χ4n) is 5.94. The van der Waals surface area contributed by atoms with Crippen LogP contribution in [0.4, 0.5) is 0 Å². The molecule has 1 saturated heterocycles. The number of phosphoric acid groups is 1. The summed E-state index contributed by atoms with van der Waals surface area (Å²) in [4.78, 5) is 25.0. The van der Waals surface area contributed by atoms with Gasteiger partial charge in [-0.3, -0.25) is 9.36 Å². The van der Waals surface area contributed by atoms with Crippen molar-refractivity contribution in [3.63, 3.8) is 0 Å². The second kappa shape index (κ2) is 35.0. The van der Waals surface area contributed by atoms with Crippen LogP contribution in [0.25, 0.3) is 0 Å². The number of allylic oxidation sites excluding steroid dienone is 8. The first kappa shape index (κ1) is 52.0. The molecular weight excluding hydrogens is 725 g/mol. The van der Waals surface area contributed by atoms with E-state index in [1.54, 1.807) is 6.26 Å². The molecule has 324 valence electrons. The third-order valence-electron chi connectivity index (χ3n) is 9.53. The molecule has 1 aliphatic heterocycles. The molecule has 0 N–H and O–H groups in total. The summed E-state index contributed by atoms with van der Waals surface area (Å²) >= 11 is 0. The summed E-state index contributed by atoms with van der Waals surface area (Å²) in [5, 5.41) is 0. The Morgan fingerprint density at radius 3 is 1.89 bits per heavy atom. The SMILES string of the molecule is CCCCCCCC/C=C\CCCCCC/C=C/OC[C@H](COP(=O)([O-])OCC[N+](C)(C)C)OC(=O)CCC/C=C\C/C=C\C/C=C\CC1OC1CCCCC. The van der Waals surface area contributed by atoms with Gasteiger partial charge in [0.25, 0.3) is 7.82 Å². The monoisotopic (exact) mass is 808 g/mol. The van der Waals surface area contributed by atoms with E-state index in [0.29, 0.717) is 29.7 Å². The number of rotatable bonds is 39. The van der Waals surface area contributed by atoms with Crippen LogP contribution in [0.1, 0.15) is 162 Å². The van der Waals surface area contributed by atoms with Gasteiger partial charge in [-0.2, -0.15) is 0 Å². The van der Waals surface area contributed by atoms with Crippen molar-refractivity contribution in [1.29, 1.82) is 0 Å². The van der Waals surface area contributed by atoms with Gasteiger partial charge in [0, 0.05) is 6.42 Å². The highest BCUT2D eigenvalue weighted by molar-refractivity contribution is 7.45. The predicted octanol–water partition coefficient (Wildman–Crippen LogP) is 11.6. The van der Waals surface area contributed by atoms with E-state index in [2.05, 4.69) is 62.5 Å². The fraction of sp³-hybridized carbons (Fsp3) is 0.761. The number of ether oxygens (including phenoxy) is 3. The molecule has 0 aromatic rings. The van der Waals surface area contributed by atoms with Crippen molar-refractivity contribution in [3.8, 4) is 0 Å². The molecule has 0 spiro atoms. The highest BCUT2D eigenvalue weighted by Crippen LogP contribution is 2.38. The Morgan fingerprint density at radius 2 is 1.23 bits per heavy atom. The number of carbonyl (C=O) groups is 1. The maximum Gasteiger partial charge on any atom is 0.306 e. The molecule has 0 aromatic carbocycles. The quantitative estimate of drug-likeness (QED) is 0.0115. The van der Waals surface area contributed by atoms with Crippen molar-refractivity contribution >= 4 is 13.8 Å². The third-order valence-corrected chi connectivity index (χ3v) is 10.5. The summed E-state index contributed by atoms with van der Waals surface area (Å²) in [7, 11) is 1.27. The molecule has 9 nitrogen and oxygen atoms in total. The topological polar surface area (TPSA) is 107 Å². The van der Waals surface area contributed by atoms with Crippen LogP contribution >= 0.6 is 7.82 Å². The van der Waals surface area contributed by atoms with Crippen molar-refractivity contribution in [1.82, 2.24) is 0 Å². The van der Waals surface area contributed by atoms with Crippen molar-refractivity contribution in [2.75, 3.05) is 47.5 Å². The van der Waals surface area contributed by atoms with Gasteiger partial charge in [-0.05, 0) is 83.1 Å². The molecule has 10 heteroatoms. The van der Waals surface area contributed by atoms with E-state index in [0.717, 1.165) is 51.4 Å². The first-order valence-corrected chi connectivity index (χ1v) is 23.6. The molecule has 0 radical (unpaired) electrons. The Morgan fingerprint density at radius 1 is 0.679 bits per heavy atom. The highest BCUT2D eigenvalue weighted by atomic mass is 31.2. The molecule has 1 rings (SSSR count). The zero-order valence-corrected chi connectivity index (χ0v) is 37.2. The number of unbranched alkanes of at least 4 members (excludes halogenated alkanes) is 14. The second-order valence-corrected chi connectivity index (χ2v) is 17.6. The van der Waals surface area contributed by atoms with Crippen LogP contribution in [0.5, 0.6) is 0 Å². The molecule has 0 bridgehead atoms. The number of carbonyl (C=O) groups excluding carboxylic acids is 1. The van der Waals surface area contributed by atoms with Gasteiger partial charge in [0.2, 0.25) is 0 Å². The highest BCUT2D eigenvalue weighted by Gasteiger charge is 2.36. The average molecular weight is 808 g/mol. The van der Waals surface area contributed by atoms with Crippen LogP contribution in [0.15, 0.2) is 60.9 Å². The lowest BCUT2D eigenvalue weighted by Gasteiger charge is -2.28. The number of quaternary nitrogens is 1. The Bertz CT molecular complexity index is 1140. The minimum absolute atomic E-state index is 0.000152. The standard InChI is InChI=1S/C46H82NO8P/c1-6-8-10-11-12-13-14-15-16-17-18-21-24-27-30-34-39-51-41-43(42-53-56(49,50)52-40-38-47(3,4)5)54-46(48)37-33-29-26-23-20-19-22-25-28-32-36-45-44(55-45)35-31-9-7-2/h15-16,19,22-23,26,28,32,34,39,43-45H,6-14,17-18,20-21,24-25,27,29-31,33,35-38,40-42H2,1-5H3/b16-15-,22-19-,26-23-,32-28-,39-34+/t43-,44?,45?/m1/s1. The summed E-state index contributed by atoms with van der Waals surface area (Å²) in [5.41, 5.74) is 0. The van der Waals surface area contributed by atoms with E-state index >= 15 is 0 Å². The van der Waals surface area contributed by atoms with E-state index in [1.165, 1.54) is 83.5 Å².